The lowest BCUT2D eigenvalue weighted by Crippen LogP contribution is -1.99. The van der Waals surface area contributed by atoms with E-state index in [1.807, 2.05) is 24.3 Å². The first-order valence-electron chi connectivity index (χ1n) is 5.50. The summed E-state index contributed by atoms with van der Waals surface area (Å²) in [4.78, 5) is 0. The fourth-order valence-corrected chi connectivity index (χ4v) is 1.98. The van der Waals surface area contributed by atoms with Crippen molar-refractivity contribution in [3.63, 3.8) is 0 Å². The minimum Gasteiger partial charge on any atom is -0.493 e. The van der Waals surface area contributed by atoms with Crippen LogP contribution in [0.3, 0.4) is 0 Å². The molecule has 2 aromatic carbocycles. The quantitative estimate of drug-likeness (QED) is 0.877. The molecule has 0 aliphatic rings. The average molecular weight is 308 g/mol. The number of methoxy groups -OCH3 is 1. The van der Waals surface area contributed by atoms with Crippen LogP contribution in [0.1, 0.15) is 5.56 Å². The number of hydrogen-bond donors (Lipinski definition) is 1. The molecule has 18 heavy (non-hydrogen) atoms. The summed E-state index contributed by atoms with van der Waals surface area (Å²) in [5, 5.41) is 0. The van der Waals surface area contributed by atoms with Crippen LogP contribution in [0.5, 0.6) is 11.5 Å². The standard InChI is InChI=1S/C14H14BrNO2/c1-17-13-7-6-11(16)8-14(13)18-9-10-4-2-3-5-12(10)15/h2-8H,9,16H2,1H3. The SMILES string of the molecule is COc1ccc(N)cc1OCc1ccccc1Br. The highest BCUT2D eigenvalue weighted by Crippen LogP contribution is 2.30. The first-order valence-corrected chi connectivity index (χ1v) is 6.29. The van der Waals surface area contributed by atoms with Gasteiger partial charge in [0.1, 0.15) is 6.61 Å². The van der Waals surface area contributed by atoms with Crippen LogP contribution < -0.4 is 15.2 Å². The van der Waals surface area contributed by atoms with Crippen LogP contribution in [-0.4, -0.2) is 7.11 Å². The molecule has 4 heteroatoms. The second kappa shape index (κ2) is 5.78. The maximum absolute atomic E-state index is 5.74. The van der Waals surface area contributed by atoms with Gasteiger partial charge >= 0.3 is 0 Å². The van der Waals surface area contributed by atoms with Crippen molar-refractivity contribution in [2.75, 3.05) is 12.8 Å². The Morgan fingerprint density at radius 1 is 1.11 bits per heavy atom. The van der Waals surface area contributed by atoms with Crippen molar-refractivity contribution in [2.24, 2.45) is 0 Å². The Balaban J connectivity index is 2.15. The largest absolute Gasteiger partial charge is 0.493 e. The molecule has 0 saturated heterocycles. The third kappa shape index (κ3) is 2.96. The molecule has 0 aromatic heterocycles. The maximum Gasteiger partial charge on any atom is 0.163 e. The van der Waals surface area contributed by atoms with Gasteiger partial charge in [-0.2, -0.15) is 0 Å². The summed E-state index contributed by atoms with van der Waals surface area (Å²) in [5.41, 5.74) is 7.46. The lowest BCUT2D eigenvalue weighted by Gasteiger charge is -2.12. The monoisotopic (exact) mass is 307 g/mol. The first kappa shape index (κ1) is 12.8. The van der Waals surface area contributed by atoms with Crippen molar-refractivity contribution in [3.05, 3.63) is 52.5 Å². The van der Waals surface area contributed by atoms with Gasteiger partial charge in [-0.05, 0) is 18.2 Å². The zero-order valence-electron chi connectivity index (χ0n) is 10.0. The Bertz CT molecular complexity index is 543. The smallest absolute Gasteiger partial charge is 0.163 e. The second-order valence-corrected chi connectivity index (χ2v) is 4.64. The molecule has 0 saturated carbocycles. The number of hydrogen-bond acceptors (Lipinski definition) is 3. The number of ether oxygens (including phenoxy) is 2. The summed E-state index contributed by atoms with van der Waals surface area (Å²) in [6.45, 7) is 0.460. The lowest BCUT2D eigenvalue weighted by atomic mass is 10.2. The van der Waals surface area contributed by atoms with Crippen LogP contribution in [0, 0.1) is 0 Å². The summed E-state index contributed by atoms with van der Waals surface area (Å²) in [6, 6.07) is 13.3. The predicted molar refractivity (Wildman–Crippen MR) is 75.9 cm³/mol. The van der Waals surface area contributed by atoms with Gasteiger partial charge in [-0.25, -0.2) is 0 Å². The molecule has 0 aliphatic carbocycles. The molecule has 3 nitrogen and oxygen atoms in total. The van der Waals surface area contributed by atoms with E-state index in [1.165, 1.54) is 0 Å². The maximum atomic E-state index is 5.74. The van der Waals surface area contributed by atoms with Crippen LogP contribution >= 0.6 is 15.9 Å². The minimum absolute atomic E-state index is 0.460. The molecule has 0 fully saturated rings. The molecule has 0 radical (unpaired) electrons. The molecule has 0 heterocycles. The molecule has 0 unspecified atom stereocenters. The number of nitrogens with two attached hydrogens (primary N) is 1. The molecule has 0 bridgehead atoms. The van der Waals surface area contributed by atoms with E-state index in [2.05, 4.69) is 15.9 Å². The van der Waals surface area contributed by atoms with E-state index in [0.29, 0.717) is 23.8 Å². The molecule has 0 amide bonds. The molecule has 2 aromatic rings. The molecule has 94 valence electrons. The molecular weight excluding hydrogens is 294 g/mol. The van der Waals surface area contributed by atoms with E-state index in [0.717, 1.165) is 10.0 Å². The van der Waals surface area contributed by atoms with E-state index in [1.54, 1.807) is 25.3 Å². The third-order valence-electron chi connectivity index (χ3n) is 2.53. The fourth-order valence-electron chi connectivity index (χ4n) is 1.58. The van der Waals surface area contributed by atoms with Crippen molar-refractivity contribution in [3.8, 4) is 11.5 Å². The molecule has 0 aliphatic heterocycles. The van der Waals surface area contributed by atoms with Crippen molar-refractivity contribution >= 4 is 21.6 Å². The molecule has 0 atom stereocenters. The van der Waals surface area contributed by atoms with Crippen molar-refractivity contribution in [1.29, 1.82) is 0 Å². The number of anilines is 1. The van der Waals surface area contributed by atoms with Crippen molar-refractivity contribution < 1.29 is 9.47 Å². The predicted octanol–water partition coefficient (Wildman–Crippen LogP) is 3.62. The summed E-state index contributed by atoms with van der Waals surface area (Å²) in [7, 11) is 1.61. The van der Waals surface area contributed by atoms with E-state index in [4.69, 9.17) is 15.2 Å². The van der Waals surface area contributed by atoms with Crippen LogP contribution in [0.2, 0.25) is 0 Å². The van der Waals surface area contributed by atoms with Gasteiger partial charge in [-0.3, -0.25) is 0 Å². The highest BCUT2D eigenvalue weighted by atomic mass is 79.9. The summed E-state index contributed by atoms with van der Waals surface area (Å²) < 4.78 is 12.0. The van der Waals surface area contributed by atoms with Gasteiger partial charge in [0.25, 0.3) is 0 Å². The highest BCUT2D eigenvalue weighted by molar-refractivity contribution is 9.10. The molecule has 2 rings (SSSR count). The molecule has 2 N–H and O–H groups in total. The number of nitrogen functional groups attached to an aromatic ring is 1. The lowest BCUT2D eigenvalue weighted by molar-refractivity contribution is 0.284. The fraction of sp³-hybridized carbons (Fsp3) is 0.143. The molecular formula is C14H14BrNO2. The Kier molecular flexibility index (Phi) is 4.10. The van der Waals surface area contributed by atoms with Crippen LogP contribution in [-0.2, 0) is 6.61 Å². The van der Waals surface area contributed by atoms with Gasteiger partial charge in [-0.15, -0.1) is 0 Å². The zero-order valence-corrected chi connectivity index (χ0v) is 11.6. The Morgan fingerprint density at radius 3 is 2.61 bits per heavy atom. The van der Waals surface area contributed by atoms with E-state index in [9.17, 15) is 0 Å². The van der Waals surface area contributed by atoms with Crippen LogP contribution in [0.4, 0.5) is 5.69 Å². The number of halogens is 1. The van der Waals surface area contributed by atoms with Gasteiger partial charge in [0.15, 0.2) is 11.5 Å². The van der Waals surface area contributed by atoms with Gasteiger partial charge in [0.2, 0.25) is 0 Å². The van der Waals surface area contributed by atoms with Gasteiger partial charge in [0, 0.05) is 21.8 Å². The summed E-state index contributed by atoms with van der Waals surface area (Å²) in [6.07, 6.45) is 0. The molecule has 0 spiro atoms. The van der Waals surface area contributed by atoms with Crippen LogP contribution in [0.15, 0.2) is 46.9 Å². The zero-order chi connectivity index (χ0) is 13.0. The number of benzene rings is 2. The van der Waals surface area contributed by atoms with Gasteiger partial charge in [-0.1, -0.05) is 34.1 Å². The van der Waals surface area contributed by atoms with E-state index < -0.39 is 0 Å². The topological polar surface area (TPSA) is 44.5 Å². The average Bonchev–Trinajstić information content (AvgIpc) is 2.38. The Labute approximate surface area is 115 Å². The summed E-state index contributed by atoms with van der Waals surface area (Å²) >= 11 is 3.48. The Hall–Kier alpha value is -1.68. The van der Waals surface area contributed by atoms with Crippen LogP contribution in [0.25, 0.3) is 0 Å². The van der Waals surface area contributed by atoms with Crippen molar-refractivity contribution in [1.82, 2.24) is 0 Å². The number of rotatable bonds is 4. The third-order valence-corrected chi connectivity index (χ3v) is 3.30. The van der Waals surface area contributed by atoms with Crippen molar-refractivity contribution in [2.45, 2.75) is 6.61 Å². The van der Waals surface area contributed by atoms with Gasteiger partial charge < -0.3 is 15.2 Å². The normalized spacial score (nSPS) is 10.1. The van der Waals surface area contributed by atoms with Gasteiger partial charge in [0.05, 0.1) is 7.11 Å². The van der Waals surface area contributed by atoms with E-state index in [-0.39, 0.29) is 0 Å². The Morgan fingerprint density at radius 2 is 1.89 bits per heavy atom. The minimum atomic E-state index is 0.460. The summed E-state index contributed by atoms with van der Waals surface area (Å²) in [5.74, 6) is 1.32. The first-order chi connectivity index (χ1) is 8.70. The van der Waals surface area contributed by atoms with E-state index >= 15 is 0 Å². The highest BCUT2D eigenvalue weighted by Gasteiger charge is 2.06. The second-order valence-electron chi connectivity index (χ2n) is 3.79.